The minimum absolute atomic E-state index is 0.106. The normalized spacial score (nSPS) is 19.7. The number of piperidine rings is 1. The first-order valence-electron chi connectivity index (χ1n) is 12.0. The van der Waals surface area contributed by atoms with Crippen molar-refractivity contribution in [3.8, 4) is 5.75 Å². The summed E-state index contributed by atoms with van der Waals surface area (Å²) >= 11 is 1.44. The monoisotopic (exact) mass is 502 g/mol. The quantitative estimate of drug-likeness (QED) is 0.378. The highest BCUT2D eigenvalue weighted by atomic mass is 32.2. The highest BCUT2D eigenvalue weighted by Crippen LogP contribution is 2.33. The molecule has 0 amide bonds. The Hall–Kier alpha value is -2.26. The molecule has 2 heterocycles. The zero-order valence-electron chi connectivity index (χ0n) is 19.9. The van der Waals surface area contributed by atoms with Crippen molar-refractivity contribution in [3.05, 3.63) is 65.9 Å². The van der Waals surface area contributed by atoms with Gasteiger partial charge in [0, 0.05) is 48.0 Å². The van der Waals surface area contributed by atoms with Gasteiger partial charge in [0.2, 0.25) is 0 Å². The number of benzene rings is 2. The number of halogens is 2. The van der Waals surface area contributed by atoms with E-state index in [2.05, 4.69) is 9.88 Å². The van der Waals surface area contributed by atoms with Crippen LogP contribution in [0.1, 0.15) is 30.9 Å². The maximum absolute atomic E-state index is 13.4. The molecule has 1 fully saturated rings. The minimum Gasteiger partial charge on any atom is -0.497 e. The van der Waals surface area contributed by atoms with Gasteiger partial charge in [0.1, 0.15) is 17.4 Å². The number of hydrogen-bond acceptors (Lipinski definition) is 6. The number of aliphatic hydroxyl groups is 2. The van der Waals surface area contributed by atoms with Gasteiger partial charge < -0.3 is 19.8 Å². The summed E-state index contributed by atoms with van der Waals surface area (Å²) in [6.07, 6.45) is 3.48. The van der Waals surface area contributed by atoms with Gasteiger partial charge in [-0.3, -0.25) is 4.98 Å². The SMILES string of the molecule is COc1ccc2nccc([C@H](O)CC[C@@H]3CCN(CCSc4cc(F)cc(F)c4)C[C@@H]3CO)c2c1. The molecular weight excluding hydrogens is 470 g/mol. The molecule has 3 aromatic rings. The minimum atomic E-state index is -0.618. The second-order valence-electron chi connectivity index (χ2n) is 9.12. The lowest BCUT2D eigenvalue weighted by Crippen LogP contribution is -2.43. The Morgan fingerprint density at radius 2 is 1.94 bits per heavy atom. The van der Waals surface area contributed by atoms with Crippen molar-refractivity contribution in [2.45, 2.75) is 30.3 Å². The summed E-state index contributed by atoms with van der Waals surface area (Å²) < 4.78 is 32.1. The molecule has 188 valence electrons. The van der Waals surface area contributed by atoms with Crippen LogP contribution in [0.3, 0.4) is 0 Å². The van der Waals surface area contributed by atoms with E-state index in [1.807, 2.05) is 24.3 Å². The maximum Gasteiger partial charge on any atom is 0.127 e. The van der Waals surface area contributed by atoms with Crippen LogP contribution in [-0.4, -0.2) is 59.2 Å². The van der Waals surface area contributed by atoms with Gasteiger partial charge in [-0.05, 0) is 79.6 Å². The van der Waals surface area contributed by atoms with Crippen molar-refractivity contribution in [3.63, 3.8) is 0 Å². The second-order valence-corrected chi connectivity index (χ2v) is 10.3. The van der Waals surface area contributed by atoms with Gasteiger partial charge in [-0.25, -0.2) is 8.78 Å². The number of aromatic nitrogens is 1. The molecule has 0 unspecified atom stereocenters. The molecule has 35 heavy (non-hydrogen) atoms. The highest BCUT2D eigenvalue weighted by molar-refractivity contribution is 7.99. The van der Waals surface area contributed by atoms with Crippen molar-refractivity contribution >= 4 is 22.7 Å². The van der Waals surface area contributed by atoms with Crippen LogP contribution in [0, 0.1) is 23.5 Å². The Morgan fingerprint density at radius 1 is 1.14 bits per heavy atom. The van der Waals surface area contributed by atoms with E-state index in [9.17, 15) is 19.0 Å². The number of methoxy groups -OCH3 is 1. The third-order valence-electron chi connectivity index (χ3n) is 6.87. The Morgan fingerprint density at radius 3 is 2.69 bits per heavy atom. The number of ether oxygens (including phenoxy) is 1. The van der Waals surface area contributed by atoms with Crippen LogP contribution < -0.4 is 4.74 Å². The molecule has 5 nitrogen and oxygen atoms in total. The molecule has 1 aliphatic heterocycles. The fraction of sp³-hybridized carbons (Fsp3) is 0.444. The van der Waals surface area contributed by atoms with Crippen LogP contribution in [0.5, 0.6) is 5.75 Å². The largest absolute Gasteiger partial charge is 0.497 e. The topological polar surface area (TPSA) is 65.8 Å². The Balaban J connectivity index is 1.29. The van der Waals surface area contributed by atoms with Crippen molar-refractivity contribution in [2.24, 2.45) is 11.8 Å². The third kappa shape index (κ3) is 6.70. The number of fused-ring (bicyclic) bond motifs is 1. The molecule has 3 atom stereocenters. The summed E-state index contributed by atoms with van der Waals surface area (Å²) in [4.78, 5) is 7.29. The Kier molecular flexibility index (Phi) is 8.94. The first-order valence-corrected chi connectivity index (χ1v) is 13.0. The number of likely N-dealkylation sites (tertiary alicyclic amines) is 1. The molecule has 8 heteroatoms. The van der Waals surface area contributed by atoms with E-state index in [0.29, 0.717) is 17.2 Å². The number of thioether (sulfide) groups is 1. The highest BCUT2D eigenvalue weighted by Gasteiger charge is 2.29. The van der Waals surface area contributed by atoms with Gasteiger partial charge in [0.05, 0.1) is 18.7 Å². The van der Waals surface area contributed by atoms with Crippen LogP contribution in [0.25, 0.3) is 10.9 Å². The molecular formula is C27H32F2N2O3S. The van der Waals surface area contributed by atoms with Crippen molar-refractivity contribution in [1.29, 1.82) is 0 Å². The zero-order chi connectivity index (χ0) is 24.8. The number of rotatable bonds is 10. The van der Waals surface area contributed by atoms with E-state index in [1.54, 1.807) is 13.3 Å². The summed E-state index contributed by atoms with van der Waals surface area (Å²) in [6, 6.07) is 11.1. The van der Waals surface area contributed by atoms with E-state index in [1.165, 1.54) is 23.9 Å². The molecule has 4 rings (SSSR count). The fourth-order valence-corrected chi connectivity index (χ4v) is 5.92. The lowest BCUT2D eigenvalue weighted by Gasteiger charge is -2.38. The fourth-order valence-electron chi connectivity index (χ4n) is 4.94. The maximum atomic E-state index is 13.4. The van der Waals surface area contributed by atoms with E-state index in [0.717, 1.165) is 66.5 Å². The van der Waals surface area contributed by atoms with Crippen LogP contribution in [0.15, 0.2) is 53.6 Å². The van der Waals surface area contributed by atoms with E-state index in [-0.39, 0.29) is 12.5 Å². The van der Waals surface area contributed by atoms with Gasteiger partial charge in [-0.2, -0.15) is 0 Å². The number of pyridine rings is 1. The smallest absolute Gasteiger partial charge is 0.127 e. The molecule has 0 aliphatic carbocycles. The van der Waals surface area contributed by atoms with Crippen LogP contribution in [-0.2, 0) is 0 Å². The molecule has 1 aliphatic rings. The average molecular weight is 503 g/mol. The van der Waals surface area contributed by atoms with E-state index >= 15 is 0 Å². The van der Waals surface area contributed by atoms with Gasteiger partial charge in [0.15, 0.2) is 0 Å². The molecule has 0 radical (unpaired) electrons. The second kappa shape index (κ2) is 12.1. The first kappa shape index (κ1) is 25.8. The van der Waals surface area contributed by atoms with Gasteiger partial charge in [0.25, 0.3) is 0 Å². The molecule has 2 aromatic carbocycles. The van der Waals surface area contributed by atoms with Gasteiger partial charge in [-0.1, -0.05) is 0 Å². The lowest BCUT2D eigenvalue weighted by molar-refractivity contribution is 0.0608. The first-order chi connectivity index (χ1) is 17.0. The van der Waals surface area contributed by atoms with Gasteiger partial charge >= 0.3 is 0 Å². The van der Waals surface area contributed by atoms with Crippen LogP contribution in [0.4, 0.5) is 8.78 Å². The number of nitrogens with zero attached hydrogens (tertiary/aromatic N) is 2. The predicted octanol–water partition coefficient (Wildman–Crippen LogP) is 5.06. The third-order valence-corrected chi connectivity index (χ3v) is 7.83. The van der Waals surface area contributed by atoms with Crippen LogP contribution >= 0.6 is 11.8 Å². The van der Waals surface area contributed by atoms with E-state index < -0.39 is 17.7 Å². The standard InChI is InChI=1S/C27H32F2N2O3S/c1-34-22-3-4-26-25(15-22)24(6-8-30-26)27(33)5-2-18-7-9-31(16-19(18)17-32)10-11-35-23-13-20(28)12-21(29)14-23/h3-4,6,8,12-15,18-19,27,32-33H,2,5,7,9-11,16-17H2,1H3/t18-,19-,27-/m1/s1. The number of aliphatic hydroxyl groups excluding tert-OH is 2. The summed E-state index contributed by atoms with van der Waals surface area (Å²) in [5.41, 5.74) is 1.67. The summed E-state index contributed by atoms with van der Waals surface area (Å²) in [7, 11) is 1.62. The summed E-state index contributed by atoms with van der Waals surface area (Å²) in [6.45, 7) is 2.59. The Labute approximate surface area is 209 Å². The van der Waals surface area contributed by atoms with Gasteiger partial charge in [-0.15, -0.1) is 11.8 Å². The predicted molar refractivity (Wildman–Crippen MR) is 135 cm³/mol. The molecule has 0 bridgehead atoms. The zero-order valence-corrected chi connectivity index (χ0v) is 20.7. The van der Waals surface area contributed by atoms with Crippen molar-refractivity contribution in [1.82, 2.24) is 9.88 Å². The molecule has 0 spiro atoms. The van der Waals surface area contributed by atoms with E-state index in [4.69, 9.17) is 4.74 Å². The summed E-state index contributed by atoms with van der Waals surface area (Å²) in [5.74, 6) is 0.806. The van der Waals surface area contributed by atoms with Crippen molar-refractivity contribution < 1.29 is 23.7 Å². The summed E-state index contributed by atoms with van der Waals surface area (Å²) in [5, 5.41) is 21.9. The number of hydrogen-bond donors (Lipinski definition) is 2. The molecule has 0 saturated carbocycles. The molecule has 2 N–H and O–H groups in total. The average Bonchev–Trinajstić information content (AvgIpc) is 2.86. The molecule has 1 aromatic heterocycles. The molecule has 1 saturated heterocycles. The van der Waals surface area contributed by atoms with Crippen LogP contribution in [0.2, 0.25) is 0 Å². The van der Waals surface area contributed by atoms with Crippen molar-refractivity contribution in [2.75, 3.05) is 39.1 Å². The lowest BCUT2D eigenvalue weighted by atomic mass is 9.81. The Bertz CT molecular complexity index is 1110.